The third kappa shape index (κ3) is 2.88. The summed E-state index contributed by atoms with van der Waals surface area (Å²) in [5.74, 6) is -0.141. The molecular weight excluding hydrogens is 276 g/mol. The fourth-order valence-corrected chi connectivity index (χ4v) is 2.28. The minimum absolute atomic E-state index is 0.141. The Hall–Kier alpha value is -2.95. The Bertz CT molecular complexity index is 791. The zero-order valence-electron chi connectivity index (χ0n) is 12.4. The molecule has 0 radical (unpaired) electrons. The van der Waals surface area contributed by atoms with Crippen LogP contribution in [0, 0.1) is 6.92 Å². The number of nitrogens with zero attached hydrogens (tertiary/aromatic N) is 3. The molecule has 0 aliphatic carbocycles. The molecule has 0 saturated carbocycles. The number of rotatable bonds is 3. The van der Waals surface area contributed by atoms with Crippen LogP contribution in [-0.4, -0.2) is 20.7 Å². The van der Waals surface area contributed by atoms with Crippen LogP contribution in [0.5, 0.6) is 0 Å². The number of aromatic nitrogens is 3. The number of benzene rings is 1. The minimum Gasteiger partial charge on any atom is -0.319 e. The van der Waals surface area contributed by atoms with E-state index >= 15 is 0 Å². The Balaban J connectivity index is 1.78. The molecule has 110 valence electrons. The number of hydrogen-bond donors (Lipinski definition) is 1. The summed E-state index contributed by atoms with van der Waals surface area (Å²) in [6, 6.07) is 11.4. The Kier molecular flexibility index (Phi) is 3.70. The number of nitrogens with one attached hydrogen (secondary N) is 1. The van der Waals surface area contributed by atoms with Crippen molar-refractivity contribution in [2.45, 2.75) is 6.92 Å². The highest BCUT2D eigenvalue weighted by molar-refractivity contribution is 6.04. The standard InChI is InChI=1S/C17H16N4O/c1-12-16(11-21(2)20-12)19-17(22)15-5-3-13(4-6-15)14-7-9-18-10-8-14/h3-11H,1-2H3,(H,19,22). The summed E-state index contributed by atoms with van der Waals surface area (Å²) in [6.45, 7) is 1.86. The van der Waals surface area contributed by atoms with E-state index in [-0.39, 0.29) is 5.91 Å². The van der Waals surface area contributed by atoms with Crippen molar-refractivity contribution in [1.29, 1.82) is 0 Å². The topological polar surface area (TPSA) is 59.8 Å². The van der Waals surface area contributed by atoms with Gasteiger partial charge in [0.05, 0.1) is 11.4 Å². The molecule has 1 N–H and O–H groups in total. The molecule has 0 atom stereocenters. The third-order valence-electron chi connectivity index (χ3n) is 3.42. The summed E-state index contributed by atoms with van der Waals surface area (Å²) < 4.78 is 1.68. The lowest BCUT2D eigenvalue weighted by molar-refractivity contribution is 0.102. The van der Waals surface area contributed by atoms with E-state index in [0.717, 1.165) is 22.5 Å². The van der Waals surface area contributed by atoms with Gasteiger partial charge in [-0.3, -0.25) is 14.5 Å². The molecule has 0 aliphatic heterocycles. The zero-order valence-corrected chi connectivity index (χ0v) is 12.4. The van der Waals surface area contributed by atoms with Crippen LogP contribution in [0.2, 0.25) is 0 Å². The smallest absolute Gasteiger partial charge is 0.255 e. The van der Waals surface area contributed by atoms with Crippen molar-refractivity contribution < 1.29 is 4.79 Å². The highest BCUT2D eigenvalue weighted by Gasteiger charge is 2.10. The fraction of sp³-hybridized carbons (Fsp3) is 0.118. The lowest BCUT2D eigenvalue weighted by Crippen LogP contribution is -2.11. The molecule has 1 aromatic carbocycles. The van der Waals surface area contributed by atoms with Crippen molar-refractivity contribution in [2.75, 3.05) is 5.32 Å². The molecule has 0 spiro atoms. The van der Waals surface area contributed by atoms with Gasteiger partial charge in [-0.2, -0.15) is 5.10 Å². The van der Waals surface area contributed by atoms with E-state index in [2.05, 4.69) is 15.4 Å². The van der Waals surface area contributed by atoms with Crippen LogP contribution >= 0.6 is 0 Å². The molecule has 0 aliphatic rings. The Morgan fingerprint density at radius 3 is 2.27 bits per heavy atom. The summed E-state index contributed by atoms with van der Waals surface area (Å²) in [5.41, 5.74) is 4.26. The third-order valence-corrected chi connectivity index (χ3v) is 3.42. The van der Waals surface area contributed by atoms with E-state index in [0.29, 0.717) is 5.56 Å². The summed E-state index contributed by atoms with van der Waals surface area (Å²) in [6.07, 6.45) is 5.29. The summed E-state index contributed by atoms with van der Waals surface area (Å²) in [5, 5.41) is 7.08. The number of carbonyl (C=O) groups is 1. The van der Waals surface area contributed by atoms with Crippen LogP contribution in [0.25, 0.3) is 11.1 Å². The maximum absolute atomic E-state index is 12.3. The largest absolute Gasteiger partial charge is 0.319 e. The van der Waals surface area contributed by atoms with Crippen LogP contribution in [0.15, 0.2) is 55.0 Å². The van der Waals surface area contributed by atoms with Gasteiger partial charge >= 0.3 is 0 Å². The molecule has 1 amide bonds. The highest BCUT2D eigenvalue weighted by atomic mass is 16.1. The second-order valence-corrected chi connectivity index (χ2v) is 5.07. The number of amides is 1. The Labute approximate surface area is 128 Å². The Morgan fingerprint density at radius 1 is 1.05 bits per heavy atom. The summed E-state index contributed by atoms with van der Waals surface area (Å²) >= 11 is 0. The van der Waals surface area contributed by atoms with Crippen molar-refractivity contribution in [3.63, 3.8) is 0 Å². The minimum atomic E-state index is -0.141. The maximum atomic E-state index is 12.3. The van der Waals surface area contributed by atoms with Crippen LogP contribution < -0.4 is 5.32 Å². The number of carbonyl (C=O) groups excluding carboxylic acids is 1. The van der Waals surface area contributed by atoms with Crippen molar-refractivity contribution in [2.24, 2.45) is 7.05 Å². The molecule has 5 nitrogen and oxygen atoms in total. The van der Waals surface area contributed by atoms with Crippen LogP contribution in [0.4, 0.5) is 5.69 Å². The van der Waals surface area contributed by atoms with Gasteiger partial charge in [0, 0.05) is 31.2 Å². The quantitative estimate of drug-likeness (QED) is 0.807. The number of aryl methyl sites for hydroxylation is 2. The van der Waals surface area contributed by atoms with E-state index in [1.807, 2.05) is 50.4 Å². The molecule has 5 heteroatoms. The van der Waals surface area contributed by atoms with Crippen LogP contribution in [0.1, 0.15) is 16.1 Å². The van der Waals surface area contributed by atoms with Gasteiger partial charge in [0.1, 0.15) is 0 Å². The van der Waals surface area contributed by atoms with Gasteiger partial charge in [-0.25, -0.2) is 0 Å². The van der Waals surface area contributed by atoms with Crippen LogP contribution in [-0.2, 0) is 7.05 Å². The Morgan fingerprint density at radius 2 is 1.68 bits per heavy atom. The number of pyridine rings is 1. The SMILES string of the molecule is Cc1nn(C)cc1NC(=O)c1ccc(-c2ccncc2)cc1. The molecule has 2 heterocycles. The van der Waals surface area contributed by atoms with Gasteiger partial charge in [-0.15, -0.1) is 0 Å². The highest BCUT2D eigenvalue weighted by Crippen LogP contribution is 2.19. The van der Waals surface area contributed by atoms with Gasteiger partial charge < -0.3 is 5.32 Å². The first kappa shape index (κ1) is 14.0. The molecule has 0 saturated heterocycles. The molecule has 3 rings (SSSR count). The first-order chi connectivity index (χ1) is 10.6. The maximum Gasteiger partial charge on any atom is 0.255 e. The number of hydrogen-bond acceptors (Lipinski definition) is 3. The van der Waals surface area contributed by atoms with E-state index < -0.39 is 0 Å². The molecule has 2 aromatic heterocycles. The lowest BCUT2D eigenvalue weighted by atomic mass is 10.0. The van der Waals surface area contributed by atoms with Crippen LogP contribution in [0.3, 0.4) is 0 Å². The van der Waals surface area contributed by atoms with E-state index in [9.17, 15) is 4.79 Å². The van der Waals surface area contributed by atoms with E-state index in [4.69, 9.17) is 0 Å². The zero-order chi connectivity index (χ0) is 15.5. The second kappa shape index (κ2) is 5.81. The molecule has 0 unspecified atom stereocenters. The normalized spacial score (nSPS) is 10.5. The monoisotopic (exact) mass is 292 g/mol. The lowest BCUT2D eigenvalue weighted by Gasteiger charge is -2.05. The van der Waals surface area contributed by atoms with Gasteiger partial charge in [0.2, 0.25) is 0 Å². The van der Waals surface area contributed by atoms with Crippen molar-refractivity contribution in [3.8, 4) is 11.1 Å². The van der Waals surface area contributed by atoms with E-state index in [1.165, 1.54) is 0 Å². The molecule has 3 aromatic rings. The second-order valence-electron chi connectivity index (χ2n) is 5.07. The van der Waals surface area contributed by atoms with Gasteiger partial charge in [-0.1, -0.05) is 12.1 Å². The first-order valence-electron chi connectivity index (χ1n) is 6.95. The molecule has 0 bridgehead atoms. The van der Waals surface area contributed by atoms with Crippen molar-refractivity contribution >= 4 is 11.6 Å². The first-order valence-corrected chi connectivity index (χ1v) is 6.95. The summed E-state index contributed by atoms with van der Waals surface area (Å²) in [7, 11) is 1.83. The molecule has 22 heavy (non-hydrogen) atoms. The van der Waals surface area contributed by atoms with E-state index in [1.54, 1.807) is 23.3 Å². The molecule has 0 fully saturated rings. The fourth-order valence-electron chi connectivity index (χ4n) is 2.28. The predicted octanol–water partition coefficient (Wildman–Crippen LogP) is 3.04. The van der Waals surface area contributed by atoms with Crippen molar-refractivity contribution in [3.05, 3.63) is 66.2 Å². The summed E-state index contributed by atoms with van der Waals surface area (Å²) in [4.78, 5) is 16.3. The van der Waals surface area contributed by atoms with Gasteiger partial charge in [0.25, 0.3) is 5.91 Å². The average molecular weight is 292 g/mol. The predicted molar refractivity (Wildman–Crippen MR) is 85.6 cm³/mol. The number of anilines is 1. The van der Waals surface area contributed by atoms with Crippen molar-refractivity contribution in [1.82, 2.24) is 14.8 Å². The van der Waals surface area contributed by atoms with Gasteiger partial charge in [-0.05, 0) is 42.3 Å². The van der Waals surface area contributed by atoms with Gasteiger partial charge in [0.15, 0.2) is 0 Å². The molecular formula is C17H16N4O. The average Bonchev–Trinajstić information content (AvgIpc) is 2.86.